The molecule has 0 aliphatic heterocycles. The van der Waals surface area contributed by atoms with Gasteiger partial charge in [-0.15, -0.1) is 11.3 Å². The quantitative estimate of drug-likeness (QED) is 0.787. The molecule has 96 valence electrons. The van der Waals surface area contributed by atoms with Crippen LogP contribution in [0.15, 0.2) is 6.20 Å². The highest BCUT2D eigenvalue weighted by molar-refractivity contribution is 7.11. The van der Waals surface area contributed by atoms with Crippen molar-refractivity contribution in [2.24, 2.45) is 0 Å². The molecule has 1 heterocycles. The lowest BCUT2D eigenvalue weighted by Gasteiger charge is -2.13. The number of aliphatic hydroxyl groups is 1. The lowest BCUT2D eigenvalue weighted by Crippen LogP contribution is -2.08. The van der Waals surface area contributed by atoms with E-state index in [0.717, 1.165) is 25.7 Å². The molecule has 17 heavy (non-hydrogen) atoms. The molecule has 2 atom stereocenters. The molecule has 0 bridgehead atoms. The van der Waals surface area contributed by atoms with Crippen molar-refractivity contribution in [2.75, 3.05) is 0 Å². The average molecular weight is 265 g/mol. The van der Waals surface area contributed by atoms with Gasteiger partial charge >= 0.3 is 6.18 Å². The van der Waals surface area contributed by atoms with Gasteiger partial charge < -0.3 is 5.11 Å². The van der Waals surface area contributed by atoms with E-state index in [1.54, 1.807) is 0 Å². The minimum atomic E-state index is -4.35. The lowest BCUT2D eigenvalue weighted by molar-refractivity contribution is -0.137. The molecule has 2 unspecified atom stereocenters. The predicted molar refractivity (Wildman–Crippen MR) is 58.9 cm³/mol. The molecule has 0 aromatic carbocycles. The Morgan fingerprint density at radius 2 is 2.00 bits per heavy atom. The second-order valence-electron chi connectivity index (χ2n) is 4.44. The minimum Gasteiger partial charge on any atom is -0.393 e. The van der Waals surface area contributed by atoms with Crippen LogP contribution >= 0.6 is 11.3 Å². The molecule has 2 nitrogen and oxygen atoms in total. The topological polar surface area (TPSA) is 33.1 Å². The number of aromatic nitrogens is 1. The van der Waals surface area contributed by atoms with Gasteiger partial charge in [-0.2, -0.15) is 13.2 Å². The summed E-state index contributed by atoms with van der Waals surface area (Å²) in [5, 5.41) is 8.86. The van der Waals surface area contributed by atoms with Crippen LogP contribution in [-0.2, 0) is 6.18 Å². The third kappa shape index (κ3) is 3.19. The van der Waals surface area contributed by atoms with Gasteiger partial charge in [0.2, 0.25) is 0 Å². The van der Waals surface area contributed by atoms with Crippen LogP contribution in [0.2, 0.25) is 0 Å². The van der Waals surface area contributed by atoms with Crippen molar-refractivity contribution in [3.8, 4) is 0 Å². The highest BCUT2D eigenvalue weighted by atomic mass is 32.1. The highest BCUT2D eigenvalue weighted by Crippen LogP contribution is 2.39. The van der Waals surface area contributed by atoms with Gasteiger partial charge in [-0.3, -0.25) is 0 Å². The molecular formula is C11H14F3NOS. The fourth-order valence-electron chi connectivity index (χ4n) is 2.20. The molecule has 0 amide bonds. The van der Waals surface area contributed by atoms with E-state index in [1.807, 2.05) is 0 Å². The summed E-state index contributed by atoms with van der Waals surface area (Å²) < 4.78 is 37.3. The van der Waals surface area contributed by atoms with Gasteiger partial charge in [-0.1, -0.05) is 12.8 Å². The summed E-state index contributed by atoms with van der Waals surface area (Å²) in [6.07, 6.45) is 0.627. The number of alkyl halides is 3. The van der Waals surface area contributed by atoms with Crippen LogP contribution in [0, 0.1) is 0 Å². The number of nitrogens with zero attached hydrogens (tertiary/aromatic N) is 1. The van der Waals surface area contributed by atoms with Crippen LogP contribution in [-0.4, -0.2) is 16.2 Å². The first-order chi connectivity index (χ1) is 7.97. The number of aliphatic hydroxyl groups excluding tert-OH is 1. The van der Waals surface area contributed by atoms with Crippen LogP contribution in [0.3, 0.4) is 0 Å². The van der Waals surface area contributed by atoms with Crippen molar-refractivity contribution in [2.45, 2.75) is 50.3 Å². The first-order valence-corrected chi connectivity index (χ1v) is 6.49. The van der Waals surface area contributed by atoms with E-state index < -0.39 is 11.2 Å². The zero-order chi connectivity index (χ0) is 12.5. The van der Waals surface area contributed by atoms with Crippen molar-refractivity contribution < 1.29 is 18.3 Å². The van der Waals surface area contributed by atoms with Gasteiger partial charge in [0, 0.05) is 11.1 Å². The van der Waals surface area contributed by atoms with Gasteiger partial charge in [-0.25, -0.2) is 4.98 Å². The van der Waals surface area contributed by atoms with E-state index in [0.29, 0.717) is 22.6 Å². The summed E-state index contributed by atoms with van der Waals surface area (Å²) in [5.41, 5.74) is 0. The Balaban J connectivity index is 2.13. The SMILES string of the molecule is OC1CCCCC(c2cnc(C(F)(F)F)s2)C1. The standard InChI is InChI=1S/C11H14F3NOS/c12-11(13,14)10-15-6-9(17-10)7-3-1-2-4-8(16)5-7/h6-8,16H,1-5H2. The van der Waals surface area contributed by atoms with E-state index in [4.69, 9.17) is 0 Å². The normalized spacial score (nSPS) is 26.8. The molecule has 1 aromatic rings. The first kappa shape index (κ1) is 12.8. The molecular weight excluding hydrogens is 251 g/mol. The Labute approximate surface area is 101 Å². The van der Waals surface area contributed by atoms with E-state index in [9.17, 15) is 18.3 Å². The Morgan fingerprint density at radius 1 is 1.29 bits per heavy atom. The van der Waals surface area contributed by atoms with Crippen LogP contribution in [0.4, 0.5) is 13.2 Å². The lowest BCUT2D eigenvalue weighted by atomic mass is 9.98. The maximum absolute atomic E-state index is 12.4. The van der Waals surface area contributed by atoms with Crippen LogP contribution < -0.4 is 0 Å². The van der Waals surface area contributed by atoms with E-state index in [1.165, 1.54) is 6.20 Å². The van der Waals surface area contributed by atoms with Crippen molar-refractivity contribution >= 4 is 11.3 Å². The van der Waals surface area contributed by atoms with Crippen molar-refractivity contribution in [1.29, 1.82) is 0 Å². The largest absolute Gasteiger partial charge is 0.443 e. The second kappa shape index (κ2) is 4.94. The number of hydrogen-bond donors (Lipinski definition) is 1. The number of rotatable bonds is 1. The summed E-state index contributed by atoms with van der Waals surface area (Å²) in [6, 6.07) is 0. The van der Waals surface area contributed by atoms with Gasteiger partial charge in [0.15, 0.2) is 5.01 Å². The third-order valence-corrected chi connectivity index (χ3v) is 4.27. The van der Waals surface area contributed by atoms with Crippen LogP contribution in [0.25, 0.3) is 0 Å². The van der Waals surface area contributed by atoms with Crippen LogP contribution in [0.1, 0.15) is 47.9 Å². The summed E-state index contributed by atoms with van der Waals surface area (Å²) in [6.45, 7) is 0. The van der Waals surface area contributed by atoms with Crippen LogP contribution in [0.5, 0.6) is 0 Å². The minimum absolute atomic E-state index is 0.0288. The second-order valence-corrected chi connectivity index (χ2v) is 5.50. The Bertz CT molecular complexity index is 377. The Hall–Kier alpha value is -0.620. The maximum Gasteiger partial charge on any atom is 0.443 e. The smallest absolute Gasteiger partial charge is 0.393 e. The zero-order valence-electron chi connectivity index (χ0n) is 9.20. The molecule has 1 saturated carbocycles. The molecule has 0 saturated heterocycles. The Kier molecular flexibility index (Phi) is 3.73. The molecule has 1 aliphatic carbocycles. The first-order valence-electron chi connectivity index (χ1n) is 5.68. The number of thiazole rings is 1. The molecule has 1 aliphatic rings. The molecule has 1 N–H and O–H groups in total. The number of hydrogen-bond acceptors (Lipinski definition) is 3. The molecule has 6 heteroatoms. The molecule has 0 radical (unpaired) electrons. The zero-order valence-corrected chi connectivity index (χ0v) is 10.0. The van der Waals surface area contributed by atoms with Crippen molar-refractivity contribution in [3.05, 3.63) is 16.1 Å². The molecule has 1 fully saturated rings. The monoisotopic (exact) mass is 265 g/mol. The van der Waals surface area contributed by atoms with Gasteiger partial charge in [0.25, 0.3) is 0 Å². The average Bonchev–Trinajstić information content (AvgIpc) is 2.63. The summed E-state index contributed by atoms with van der Waals surface area (Å²) in [4.78, 5) is 4.08. The van der Waals surface area contributed by atoms with Crippen molar-refractivity contribution in [3.63, 3.8) is 0 Å². The summed E-state index contributed by atoms with van der Waals surface area (Å²) >= 11 is 0.710. The van der Waals surface area contributed by atoms with Gasteiger partial charge in [0.1, 0.15) is 0 Å². The Morgan fingerprint density at radius 3 is 2.65 bits per heavy atom. The highest BCUT2D eigenvalue weighted by Gasteiger charge is 2.35. The van der Waals surface area contributed by atoms with E-state index in [-0.39, 0.29) is 12.0 Å². The molecule has 1 aromatic heterocycles. The third-order valence-electron chi connectivity index (χ3n) is 3.06. The van der Waals surface area contributed by atoms with Gasteiger partial charge in [-0.05, 0) is 25.2 Å². The predicted octanol–water partition coefficient (Wildman–Crippen LogP) is 3.57. The van der Waals surface area contributed by atoms with Gasteiger partial charge in [0.05, 0.1) is 6.10 Å². The van der Waals surface area contributed by atoms with E-state index >= 15 is 0 Å². The maximum atomic E-state index is 12.4. The fraction of sp³-hybridized carbons (Fsp3) is 0.727. The molecule has 0 spiro atoms. The molecule has 2 rings (SSSR count). The van der Waals surface area contributed by atoms with E-state index in [2.05, 4.69) is 4.98 Å². The summed E-state index contributed by atoms with van der Waals surface area (Å²) in [7, 11) is 0. The number of halogens is 3. The fourth-order valence-corrected chi connectivity index (χ4v) is 3.13. The summed E-state index contributed by atoms with van der Waals surface area (Å²) in [5.74, 6) is 0.0288. The van der Waals surface area contributed by atoms with Crippen molar-refractivity contribution in [1.82, 2.24) is 4.98 Å².